The van der Waals surface area contributed by atoms with Crippen LogP contribution in [0.4, 0.5) is 0 Å². The van der Waals surface area contributed by atoms with Crippen molar-refractivity contribution in [3.05, 3.63) is 35.4 Å². The van der Waals surface area contributed by atoms with Gasteiger partial charge in [-0.2, -0.15) is 0 Å². The molecule has 1 aromatic carbocycles. The summed E-state index contributed by atoms with van der Waals surface area (Å²) in [6.45, 7) is 0.950. The van der Waals surface area contributed by atoms with Gasteiger partial charge in [-0.3, -0.25) is 0 Å². The molecular weight excluding hydrogens is 174 g/mol. The van der Waals surface area contributed by atoms with Crippen LogP contribution < -0.4 is 5.32 Å². The van der Waals surface area contributed by atoms with Crippen LogP contribution in [0.2, 0.25) is 0 Å². The Morgan fingerprint density at radius 2 is 2.14 bits per heavy atom. The highest BCUT2D eigenvalue weighted by molar-refractivity contribution is 5.40. The molecule has 2 nitrogen and oxygen atoms in total. The third-order valence-corrected chi connectivity index (χ3v) is 1.91. The van der Waals surface area contributed by atoms with Crippen LogP contribution in [0.5, 0.6) is 0 Å². The number of benzene rings is 1. The quantitative estimate of drug-likeness (QED) is 0.552. The van der Waals surface area contributed by atoms with E-state index in [1.54, 1.807) is 0 Å². The molecule has 74 valence electrons. The van der Waals surface area contributed by atoms with Gasteiger partial charge in [-0.05, 0) is 18.7 Å². The summed E-state index contributed by atoms with van der Waals surface area (Å²) in [6.07, 6.45) is 0.830. The van der Waals surface area contributed by atoms with Crippen LogP contribution in [0.15, 0.2) is 24.3 Å². The van der Waals surface area contributed by atoms with E-state index in [2.05, 4.69) is 17.2 Å². The zero-order valence-electron chi connectivity index (χ0n) is 8.38. The highest BCUT2D eigenvalue weighted by Crippen LogP contribution is 2.06. The van der Waals surface area contributed by atoms with Gasteiger partial charge >= 0.3 is 0 Å². The number of aliphatic hydroxyl groups excluding tert-OH is 1. The first-order valence-electron chi connectivity index (χ1n) is 4.70. The third kappa shape index (κ3) is 3.21. The summed E-state index contributed by atoms with van der Waals surface area (Å²) < 4.78 is 0. The van der Waals surface area contributed by atoms with Crippen molar-refractivity contribution < 1.29 is 5.11 Å². The number of nitrogens with one attached hydrogen (secondary N) is 1. The van der Waals surface area contributed by atoms with Gasteiger partial charge in [0, 0.05) is 18.5 Å². The smallest absolute Gasteiger partial charge is 0.0694 e. The second-order valence-corrected chi connectivity index (χ2v) is 2.97. The lowest BCUT2D eigenvalue weighted by atomic mass is 10.1. The van der Waals surface area contributed by atoms with Gasteiger partial charge in [0.2, 0.25) is 0 Å². The fraction of sp³-hybridized carbons (Fsp3) is 0.333. The molecule has 0 unspecified atom stereocenters. The topological polar surface area (TPSA) is 32.3 Å². The Hall–Kier alpha value is -1.30. The van der Waals surface area contributed by atoms with Crippen LogP contribution in [0.1, 0.15) is 17.5 Å². The van der Waals surface area contributed by atoms with E-state index in [9.17, 15) is 0 Å². The van der Waals surface area contributed by atoms with Gasteiger partial charge in [-0.15, -0.1) is 0 Å². The molecule has 2 N–H and O–H groups in total. The van der Waals surface area contributed by atoms with Crippen molar-refractivity contribution in [3.8, 4) is 11.8 Å². The van der Waals surface area contributed by atoms with Gasteiger partial charge in [0.25, 0.3) is 0 Å². The minimum absolute atomic E-state index is 0.0525. The maximum absolute atomic E-state index is 9.04. The maximum Gasteiger partial charge on any atom is 0.0694 e. The third-order valence-electron chi connectivity index (χ3n) is 1.91. The summed E-state index contributed by atoms with van der Waals surface area (Å²) in [5.41, 5.74) is 1.82. The van der Waals surface area contributed by atoms with Crippen LogP contribution in [0, 0.1) is 11.8 Å². The Balaban J connectivity index is 2.68. The maximum atomic E-state index is 9.04. The summed E-state index contributed by atoms with van der Waals surface area (Å²) in [5, 5.41) is 12.1. The Kier molecular flexibility index (Phi) is 4.77. The van der Waals surface area contributed by atoms with Crippen molar-refractivity contribution in [2.24, 2.45) is 0 Å². The second-order valence-electron chi connectivity index (χ2n) is 2.97. The summed E-state index contributed by atoms with van der Waals surface area (Å²) in [4.78, 5) is 0. The summed E-state index contributed by atoms with van der Waals surface area (Å²) >= 11 is 0. The lowest BCUT2D eigenvalue weighted by Gasteiger charge is -1.98. The van der Waals surface area contributed by atoms with E-state index in [-0.39, 0.29) is 6.61 Å². The molecule has 1 rings (SSSR count). The molecule has 0 aliphatic rings. The fourth-order valence-corrected chi connectivity index (χ4v) is 1.13. The number of rotatable bonds is 3. The SMILES string of the molecule is CNCCC#Cc1ccccc1CO. The monoisotopic (exact) mass is 189 g/mol. The van der Waals surface area contributed by atoms with Crippen LogP contribution in [0.25, 0.3) is 0 Å². The van der Waals surface area contributed by atoms with Gasteiger partial charge < -0.3 is 10.4 Å². The molecule has 0 aromatic heterocycles. The lowest BCUT2D eigenvalue weighted by Crippen LogP contribution is -2.05. The van der Waals surface area contributed by atoms with Crippen molar-refractivity contribution in [2.75, 3.05) is 13.6 Å². The minimum atomic E-state index is 0.0525. The largest absolute Gasteiger partial charge is 0.392 e. The molecule has 0 radical (unpaired) electrons. The van der Waals surface area contributed by atoms with Crippen molar-refractivity contribution >= 4 is 0 Å². The van der Waals surface area contributed by atoms with Crippen molar-refractivity contribution in [1.82, 2.24) is 5.32 Å². The van der Waals surface area contributed by atoms with E-state index >= 15 is 0 Å². The Morgan fingerprint density at radius 1 is 1.36 bits per heavy atom. The predicted octanol–water partition coefficient (Wildman–Crippen LogP) is 1.14. The van der Waals surface area contributed by atoms with Crippen LogP contribution in [-0.2, 0) is 6.61 Å². The minimum Gasteiger partial charge on any atom is -0.392 e. The molecule has 2 heteroatoms. The zero-order chi connectivity index (χ0) is 10.2. The van der Waals surface area contributed by atoms with Crippen LogP contribution >= 0.6 is 0 Å². The highest BCUT2D eigenvalue weighted by atomic mass is 16.3. The first-order valence-corrected chi connectivity index (χ1v) is 4.70. The molecule has 0 saturated carbocycles. The van der Waals surface area contributed by atoms with Gasteiger partial charge in [0.15, 0.2) is 0 Å². The Labute approximate surface area is 85.0 Å². The van der Waals surface area contributed by atoms with Crippen molar-refractivity contribution in [1.29, 1.82) is 0 Å². The molecule has 0 bridgehead atoms. The van der Waals surface area contributed by atoms with E-state index in [1.807, 2.05) is 31.3 Å². The second kappa shape index (κ2) is 6.20. The van der Waals surface area contributed by atoms with Gasteiger partial charge in [-0.1, -0.05) is 30.0 Å². The standard InChI is InChI=1S/C12H15NO/c1-13-9-5-4-7-11-6-2-3-8-12(11)10-14/h2-3,6,8,13-14H,5,9-10H2,1H3. The molecule has 1 aromatic rings. The van der Waals surface area contributed by atoms with E-state index in [4.69, 9.17) is 5.11 Å². The molecule has 0 saturated heterocycles. The Morgan fingerprint density at radius 3 is 2.86 bits per heavy atom. The predicted molar refractivity (Wildman–Crippen MR) is 57.8 cm³/mol. The average molecular weight is 189 g/mol. The first-order chi connectivity index (χ1) is 6.88. The molecule has 0 spiro atoms. The molecule has 0 amide bonds. The van der Waals surface area contributed by atoms with E-state index in [1.165, 1.54) is 0 Å². The molecule has 0 heterocycles. The number of hydrogen-bond donors (Lipinski definition) is 2. The van der Waals surface area contributed by atoms with Crippen LogP contribution in [-0.4, -0.2) is 18.7 Å². The number of aliphatic hydroxyl groups is 1. The molecule has 0 aliphatic carbocycles. The molecule has 0 aliphatic heterocycles. The van der Waals surface area contributed by atoms with Gasteiger partial charge in [-0.25, -0.2) is 0 Å². The summed E-state index contributed by atoms with van der Waals surface area (Å²) in [5.74, 6) is 6.10. The molecular formula is C12H15NO. The molecule has 0 fully saturated rings. The summed E-state index contributed by atoms with van der Waals surface area (Å²) in [6, 6.07) is 7.66. The first kappa shape index (κ1) is 10.8. The highest BCUT2D eigenvalue weighted by Gasteiger charge is 1.94. The van der Waals surface area contributed by atoms with E-state index in [0.717, 1.165) is 24.1 Å². The lowest BCUT2D eigenvalue weighted by molar-refractivity contribution is 0.281. The average Bonchev–Trinajstić information content (AvgIpc) is 2.25. The Bertz CT molecular complexity index is 336. The normalized spacial score (nSPS) is 9.29. The fourth-order valence-electron chi connectivity index (χ4n) is 1.13. The molecule has 0 atom stereocenters. The van der Waals surface area contributed by atoms with Crippen molar-refractivity contribution in [3.63, 3.8) is 0 Å². The van der Waals surface area contributed by atoms with Gasteiger partial charge in [0.1, 0.15) is 0 Å². The van der Waals surface area contributed by atoms with Crippen LogP contribution in [0.3, 0.4) is 0 Å². The van der Waals surface area contributed by atoms with Gasteiger partial charge in [0.05, 0.1) is 6.61 Å². The van der Waals surface area contributed by atoms with E-state index < -0.39 is 0 Å². The van der Waals surface area contributed by atoms with Crippen molar-refractivity contribution in [2.45, 2.75) is 13.0 Å². The summed E-state index contributed by atoms with van der Waals surface area (Å²) in [7, 11) is 1.91. The van der Waals surface area contributed by atoms with E-state index in [0.29, 0.717) is 0 Å². The zero-order valence-corrected chi connectivity index (χ0v) is 8.38. The molecule has 14 heavy (non-hydrogen) atoms. The number of hydrogen-bond acceptors (Lipinski definition) is 2.